The molecule has 0 radical (unpaired) electrons. The minimum atomic E-state index is -4.95. The van der Waals surface area contributed by atoms with Crippen LogP contribution >= 0.6 is 15.6 Å². The lowest BCUT2D eigenvalue weighted by Gasteiger charge is -2.21. The molecule has 0 heterocycles. The second-order valence-corrected chi connectivity index (χ2v) is 28.0. The van der Waals surface area contributed by atoms with E-state index in [1.54, 1.807) is 0 Å². The standard InChI is InChI=1S/C66H128O17P2/c1-8-10-11-12-13-26-33-40-47-63(68)76-53-62(83-66(71)50-43-36-29-22-24-31-38-45-58(5)6)56-81-85(74,75)79-52-60(67)51-78-84(72,73)80-55-61(54-77-64(69)48-41-34-27-21-20-25-32-39-46-59(7)9-2)82-65(70)49-42-35-28-19-17-15-14-16-18-23-30-37-44-57(3)4/h57-62,67H,8-56H2,1-7H3,(H,72,73)(H,74,75)/t59?,60-,61-,62-/m1/s1. The van der Waals surface area contributed by atoms with Gasteiger partial charge in [0.05, 0.1) is 26.4 Å². The van der Waals surface area contributed by atoms with E-state index >= 15 is 0 Å². The number of ether oxygens (including phenoxy) is 4. The van der Waals surface area contributed by atoms with Gasteiger partial charge in [-0.2, -0.15) is 0 Å². The Morgan fingerprint density at radius 1 is 0.341 bits per heavy atom. The van der Waals surface area contributed by atoms with E-state index < -0.39 is 97.5 Å². The number of aliphatic hydroxyl groups is 1. The average molecular weight is 1260 g/mol. The van der Waals surface area contributed by atoms with Gasteiger partial charge in [0, 0.05) is 25.7 Å². The maximum Gasteiger partial charge on any atom is 0.472 e. The number of aliphatic hydroxyl groups excluding tert-OH is 1. The Morgan fingerprint density at radius 3 is 0.894 bits per heavy atom. The van der Waals surface area contributed by atoms with E-state index in [1.807, 2.05) is 0 Å². The van der Waals surface area contributed by atoms with Gasteiger partial charge in [0.2, 0.25) is 0 Å². The van der Waals surface area contributed by atoms with Crippen LogP contribution in [-0.4, -0.2) is 96.7 Å². The summed E-state index contributed by atoms with van der Waals surface area (Å²) in [5.41, 5.74) is 0. The van der Waals surface area contributed by atoms with Crippen LogP contribution in [0.1, 0.15) is 325 Å². The molecule has 0 spiro atoms. The van der Waals surface area contributed by atoms with Crippen molar-refractivity contribution in [1.29, 1.82) is 0 Å². The molecule has 0 aromatic heterocycles. The maximum absolute atomic E-state index is 13.0. The molecule has 0 aliphatic heterocycles. The third kappa shape index (κ3) is 59.5. The Hall–Kier alpha value is -1.94. The molecule has 0 rings (SSSR count). The smallest absolute Gasteiger partial charge is 0.462 e. The predicted octanol–water partition coefficient (Wildman–Crippen LogP) is 18.3. The first-order chi connectivity index (χ1) is 40.8. The minimum Gasteiger partial charge on any atom is -0.462 e. The second kappa shape index (κ2) is 57.2. The summed E-state index contributed by atoms with van der Waals surface area (Å²) in [5, 5.41) is 10.5. The molecule has 85 heavy (non-hydrogen) atoms. The highest BCUT2D eigenvalue weighted by molar-refractivity contribution is 7.47. The summed E-state index contributed by atoms with van der Waals surface area (Å²) < 4.78 is 68.0. The summed E-state index contributed by atoms with van der Waals surface area (Å²) in [6.45, 7) is 11.7. The van der Waals surface area contributed by atoms with E-state index in [0.29, 0.717) is 31.6 Å². The molecule has 0 aliphatic rings. The van der Waals surface area contributed by atoms with Gasteiger partial charge in [0.1, 0.15) is 19.3 Å². The zero-order valence-electron chi connectivity index (χ0n) is 55.1. The van der Waals surface area contributed by atoms with E-state index in [1.165, 1.54) is 128 Å². The van der Waals surface area contributed by atoms with Crippen molar-refractivity contribution in [1.82, 2.24) is 0 Å². The number of esters is 4. The lowest BCUT2D eigenvalue weighted by molar-refractivity contribution is -0.161. The highest BCUT2D eigenvalue weighted by atomic mass is 31.2. The molecule has 19 heteroatoms. The Kier molecular flexibility index (Phi) is 55.9. The zero-order valence-corrected chi connectivity index (χ0v) is 56.9. The number of phosphoric ester groups is 2. The molecular weight excluding hydrogens is 1130 g/mol. The number of carbonyl (C=O) groups excluding carboxylic acids is 4. The third-order valence-corrected chi connectivity index (χ3v) is 17.4. The highest BCUT2D eigenvalue weighted by Crippen LogP contribution is 2.45. The van der Waals surface area contributed by atoms with E-state index in [4.69, 9.17) is 37.0 Å². The van der Waals surface area contributed by atoms with Crippen LogP contribution in [0.3, 0.4) is 0 Å². The topological polar surface area (TPSA) is 237 Å². The van der Waals surface area contributed by atoms with E-state index in [9.17, 15) is 43.2 Å². The number of rotatable bonds is 64. The van der Waals surface area contributed by atoms with E-state index in [2.05, 4.69) is 48.5 Å². The average Bonchev–Trinajstić information content (AvgIpc) is 3.46. The fourth-order valence-electron chi connectivity index (χ4n) is 9.80. The lowest BCUT2D eigenvalue weighted by atomic mass is 9.99. The van der Waals surface area contributed by atoms with Crippen molar-refractivity contribution in [2.24, 2.45) is 17.8 Å². The molecule has 3 N–H and O–H groups in total. The van der Waals surface area contributed by atoms with Crippen LogP contribution in [0.2, 0.25) is 0 Å². The number of hydrogen-bond donors (Lipinski definition) is 3. The number of carbonyl (C=O) groups is 4. The molecule has 504 valence electrons. The molecule has 0 fully saturated rings. The minimum absolute atomic E-state index is 0.103. The van der Waals surface area contributed by atoms with Gasteiger partial charge in [-0.25, -0.2) is 9.13 Å². The van der Waals surface area contributed by atoms with Crippen LogP contribution in [0, 0.1) is 17.8 Å². The molecular formula is C66H128O17P2. The summed E-state index contributed by atoms with van der Waals surface area (Å²) in [6, 6.07) is 0. The molecule has 17 nitrogen and oxygen atoms in total. The number of phosphoric acid groups is 2. The van der Waals surface area contributed by atoms with Gasteiger partial charge < -0.3 is 33.8 Å². The quantitative estimate of drug-likeness (QED) is 0.0222. The zero-order chi connectivity index (χ0) is 63.1. The molecule has 0 saturated carbocycles. The second-order valence-electron chi connectivity index (χ2n) is 25.1. The molecule has 0 saturated heterocycles. The van der Waals surface area contributed by atoms with Crippen LogP contribution < -0.4 is 0 Å². The highest BCUT2D eigenvalue weighted by Gasteiger charge is 2.30. The molecule has 0 aromatic carbocycles. The van der Waals surface area contributed by atoms with Crippen LogP contribution in [-0.2, 0) is 65.4 Å². The largest absolute Gasteiger partial charge is 0.472 e. The Morgan fingerprint density at radius 2 is 0.600 bits per heavy atom. The first-order valence-corrected chi connectivity index (χ1v) is 37.4. The van der Waals surface area contributed by atoms with Crippen molar-refractivity contribution < 1.29 is 80.2 Å². The summed E-state index contributed by atoms with van der Waals surface area (Å²) in [6.07, 6.45) is 39.0. The first kappa shape index (κ1) is 83.1. The van der Waals surface area contributed by atoms with Gasteiger partial charge in [0.15, 0.2) is 12.2 Å². The van der Waals surface area contributed by atoms with Crippen molar-refractivity contribution in [3.63, 3.8) is 0 Å². The van der Waals surface area contributed by atoms with Crippen molar-refractivity contribution >= 4 is 39.5 Å². The molecule has 0 aromatic rings. The van der Waals surface area contributed by atoms with Gasteiger partial charge in [-0.15, -0.1) is 0 Å². The number of unbranched alkanes of at least 4 members (excludes halogenated alkanes) is 31. The SMILES string of the molecule is CCCCCCCCCCC(=O)OC[C@H](COP(=O)(O)OC[C@H](O)COP(=O)(O)OC[C@@H](COC(=O)CCCCCCCCCCC(C)CC)OC(=O)CCCCCCCCCCCCCCC(C)C)OC(=O)CCCCCCCCCC(C)C. The third-order valence-electron chi connectivity index (χ3n) is 15.5. The molecule has 0 bridgehead atoms. The monoisotopic (exact) mass is 1250 g/mol. The lowest BCUT2D eigenvalue weighted by Crippen LogP contribution is -2.30. The first-order valence-electron chi connectivity index (χ1n) is 34.4. The Bertz CT molecular complexity index is 1680. The summed E-state index contributed by atoms with van der Waals surface area (Å²) in [5.74, 6) is 0.114. The summed E-state index contributed by atoms with van der Waals surface area (Å²) in [4.78, 5) is 72.2. The van der Waals surface area contributed by atoms with Gasteiger partial charge in [0.25, 0.3) is 0 Å². The van der Waals surface area contributed by atoms with E-state index in [-0.39, 0.29) is 25.7 Å². The van der Waals surface area contributed by atoms with Crippen LogP contribution in [0.4, 0.5) is 0 Å². The van der Waals surface area contributed by atoms with Gasteiger partial charge in [-0.3, -0.25) is 37.3 Å². The molecule has 0 amide bonds. The van der Waals surface area contributed by atoms with Crippen molar-refractivity contribution in [3.05, 3.63) is 0 Å². The predicted molar refractivity (Wildman–Crippen MR) is 340 cm³/mol. The maximum atomic E-state index is 13.0. The van der Waals surface area contributed by atoms with E-state index in [0.717, 1.165) is 108 Å². The van der Waals surface area contributed by atoms with Crippen molar-refractivity contribution in [2.75, 3.05) is 39.6 Å². The van der Waals surface area contributed by atoms with Crippen molar-refractivity contribution in [3.8, 4) is 0 Å². The summed E-state index contributed by atoms with van der Waals surface area (Å²) >= 11 is 0. The molecule has 6 atom stereocenters. The Labute approximate surface area is 517 Å². The van der Waals surface area contributed by atoms with Gasteiger partial charge in [-0.1, -0.05) is 273 Å². The summed E-state index contributed by atoms with van der Waals surface area (Å²) in [7, 11) is -9.89. The molecule has 3 unspecified atom stereocenters. The van der Waals surface area contributed by atoms with Crippen LogP contribution in [0.15, 0.2) is 0 Å². The normalized spacial score (nSPS) is 14.6. The molecule has 0 aliphatic carbocycles. The van der Waals surface area contributed by atoms with Crippen LogP contribution in [0.25, 0.3) is 0 Å². The van der Waals surface area contributed by atoms with Crippen LogP contribution in [0.5, 0.6) is 0 Å². The van der Waals surface area contributed by atoms with Gasteiger partial charge in [-0.05, 0) is 43.4 Å². The number of hydrogen-bond acceptors (Lipinski definition) is 15. The van der Waals surface area contributed by atoms with Gasteiger partial charge >= 0.3 is 39.5 Å². The van der Waals surface area contributed by atoms with Crippen molar-refractivity contribution in [2.45, 2.75) is 343 Å². The fraction of sp³-hybridized carbons (Fsp3) is 0.939. The Balaban J connectivity index is 5.24. The fourth-order valence-corrected chi connectivity index (χ4v) is 11.4.